The fourth-order valence-corrected chi connectivity index (χ4v) is 2.69. The van der Waals surface area contributed by atoms with Crippen molar-refractivity contribution in [1.29, 1.82) is 0 Å². The number of rotatable bonds is 3. The molecule has 1 aromatic rings. The van der Waals surface area contributed by atoms with Crippen LogP contribution in [0.1, 0.15) is 35.7 Å². The summed E-state index contributed by atoms with van der Waals surface area (Å²) in [5, 5.41) is 3.80. The maximum Gasteiger partial charge on any atom is 0.260 e. The lowest BCUT2D eigenvalue weighted by Gasteiger charge is -2.41. The zero-order valence-electron chi connectivity index (χ0n) is 12.9. The van der Waals surface area contributed by atoms with Crippen LogP contribution >= 0.6 is 0 Å². The molecule has 0 aliphatic carbocycles. The number of hydrogen-bond donors (Lipinski definition) is 1. The molecule has 7 heteroatoms. The van der Waals surface area contributed by atoms with Crippen LogP contribution in [0.3, 0.4) is 0 Å². The first-order valence-corrected chi connectivity index (χ1v) is 7.10. The predicted molar refractivity (Wildman–Crippen MR) is 76.7 cm³/mol. The van der Waals surface area contributed by atoms with Gasteiger partial charge in [0.2, 0.25) is 5.91 Å². The van der Waals surface area contributed by atoms with Crippen molar-refractivity contribution >= 4 is 11.8 Å². The van der Waals surface area contributed by atoms with E-state index >= 15 is 0 Å². The molecule has 1 aromatic heterocycles. The van der Waals surface area contributed by atoms with E-state index in [1.165, 1.54) is 4.90 Å². The van der Waals surface area contributed by atoms with Crippen LogP contribution in [0, 0.1) is 13.8 Å². The van der Waals surface area contributed by atoms with Gasteiger partial charge < -0.3 is 15.2 Å². The number of carbonyl (C=O) groups excluding carboxylic acids is 2. The van der Waals surface area contributed by atoms with E-state index in [0.717, 1.165) is 6.54 Å². The summed E-state index contributed by atoms with van der Waals surface area (Å²) in [6.07, 6.45) is 0. The molecule has 1 aliphatic heterocycles. The summed E-state index contributed by atoms with van der Waals surface area (Å²) in [5.74, 6) is -0.258. The summed E-state index contributed by atoms with van der Waals surface area (Å²) in [5.41, 5.74) is 6.45. The van der Waals surface area contributed by atoms with Crippen molar-refractivity contribution in [3.8, 4) is 0 Å². The molecular formula is C14H22N4O3. The van der Waals surface area contributed by atoms with Gasteiger partial charge in [0.1, 0.15) is 17.4 Å². The van der Waals surface area contributed by atoms with Gasteiger partial charge in [0.15, 0.2) is 0 Å². The van der Waals surface area contributed by atoms with Gasteiger partial charge in [-0.2, -0.15) is 0 Å². The van der Waals surface area contributed by atoms with E-state index in [1.807, 2.05) is 0 Å². The highest BCUT2D eigenvalue weighted by Gasteiger charge is 2.37. The molecule has 0 spiro atoms. The third kappa shape index (κ3) is 2.92. The Bertz CT molecular complexity index is 533. The predicted octanol–water partition coefficient (Wildman–Crippen LogP) is 0.312. The minimum Gasteiger partial charge on any atom is -0.368 e. The standard InChI is InChI=1S/C14H22N4O3/c1-8(2)17-5-6-18(11(7-17)13(15)19)14(20)12-9(3)16-21-10(12)4/h8,11H,5-7H2,1-4H3,(H2,15,19). The van der Waals surface area contributed by atoms with Gasteiger partial charge in [0.25, 0.3) is 5.91 Å². The minimum atomic E-state index is -0.623. The largest absolute Gasteiger partial charge is 0.368 e. The molecule has 0 aromatic carbocycles. The first-order chi connectivity index (χ1) is 9.82. The molecule has 1 unspecified atom stereocenters. The highest BCUT2D eigenvalue weighted by molar-refractivity contribution is 5.99. The van der Waals surface area contributed by atoms with Crippen molar-refractivity contribution in [1.82, 2.24) is 15.0 Å². The number of hydrogen-bond acceptors (Lipinski definition) is 5. The number of nitrogens with zero attached hydrogens (tertiary/aromatic N) is 3. The monoisotopic (exact) mass is 294 g/mol. The summed E-state index contributed by atoms with van der Waals surface area (Å²) in [6.45, 7) is 9.17. The molecule has 2 rings (SSSR count). The Labute approximate surface area is 124 Å². The lowest BCUT2D eigenvalue weighted by molar-refractivity contribution is -0.124. The molecule has 1 saturated heterocycles. The van der Waals surface area contributed by atoms with E-state index in [-0.39, 0.29) is 5.91 Å². The van der Waals surface area contributed by atoms with Crippen LogP contribution in [-0.2, 0) is 4.79 Å². The van der Waals surface area contributed by atoms with Crippen molar-refractivity contribution in [3.63, 3.8) is 0 Å². The lowest BCUT2D eigenvalue weighted by Crippen LogP contribution is -2.61. The molecule has 0 saturated carbocycles. The highest BCUT2D eigenvalue weighted by atomic mass is 16.5. The summed E-state index contributed by atoms with van der Waals surface area (Å²) in [7, 11) is 0. The number of primary amides is 1. The maximum atomic E-state index is 12.7. The molecule has 1 fully saturated rings. The molecule has 116 valence electrons. The zero-order chi connectivity index (χ0) is 15.7. The van der Waals surface area contributed by atoms with Crippen LogP contribution in [0.2, 0.25) is 0 Å². The zero-order valence-corrected chi connectivity index (χ0v) is 12.9. The van der Waals surface area contributed by atoms with E-state index in [2.05, 4.69) is 23.9 Å². The van der Waals surface area contributed by atoms with Crippen LogP contribution in [0.25, 0.3) is 0 Å². The van der Waals surface area contributed by atoms with E-state index in [1.54, 1.807) is 13.8 Å². The molecule has 0 bridgehead atoms. The van der Waals surface area contributed by atoms with Gasteiger partial charge in [-0.3, -0.25) is 14.5 Å². The van der Waals surface area contributed by atoms with Gasteiger partial charge in [-0.15, -0.1) is 0 Å². The van der Waals surface area contributed by atoms with E-state index in [9.17, 15) is 9.59 Å². The average Bonchev–Trinajstić information content (AvgIpc) is 2.76. The van der Waals surface area contributed by atoms with Crippen LogP contribution < -0.4 is 5.73 Å². The topological polar surface area (TPSA) is 92.7 Å². The molecule has 1 atom stereocenters. The maximum absolute atomic E-state index is 12.7. The third-order valence-electron chi connectivity index (χ3n) is 3.98. The van der Waals surface area contributed by atoms with Crippen molar-refractivity contribution in [2.24, 2.45) is 5.73 Å². The Balaban J connectivity index is 2.26. The lowest BCUT2D eigenvalue weighted by atomic mass is 10.1. The molecule has 2 amide bonds. The summed E-state index contributed by atoms with van der Waals surface area (Å²) >= 11 is 0. The molecule has 0 radical (unpaired) electrons. The van der Waals surface area contributed by atoms with Crippen molar-refractivity contribution in [2.45, 2.75) is 39.8 Å². The molecule has 1 aliphatic rings. The van der Waals surface area contributed by atoms with E-state index in [4.69, 9.17) is 10.3 Å². The number of nitrogens with two attached hydrogens (primary N) is 1. The van der Waals surface area contributed by atoms with Crippen molar-refractivity contribution in [2.75, 3.05) is 19.6 Å². The van der Waals surface area contributed by atoms with Gasteiger partial charge in [0.05, 0.1) is 5.69 Å². The minimum absolute atomic E-state index is 0.238. The number of aromatic nitrogens is 1. The Hall–Kier alpha value is -1.89. The van der Waals surface area contributed by atoms with Crippen molar-refractivity contribution in [3.05, 3.63) is 17.0 Å². The number of aryl methyl sites for hydroxylation is 2. The Kier molecular flexibility index (Phi) is 4.32. The first-order valence-electron chi connectivity index (χ1n) is 7.10. The van der Waals surface area contributed by atoms with Crippen LogP contribution in [0.15, 0.2) is 4.52 Å². The summed E-state index contributed by atoms with van der Waals surface area (Å²) < 4.78 is 5.04. The van der Waals surface area contributed by atoms with Gasteiger partial charge in [0, 0.05) is 25.7 Å². The Morgan fingerprint density at radius 3 is 2.48 bits per heavy atom. The quantitative estimate of drug-likeness (QED) is 0.866. The molecule has 2 heterocycles. The third-order valence-corrected chi connectivity index (χ3v) is 3.98. The first kappa shape index (κ1) is 15.5. The second kappa shape index (κ2) is 5.85. The van der Waals surface area contributed by atoms with Crippen LogP contribution in [0.5, 0.6) is 0 Å². The average molecular weight is 294 g/mol. The molecule has 7 nitrogen and oxygen atoms in total. The molecule has 21 heavy (non-hydrogen) atoms. The summed E-state index contributed by atoms with van der Waals surface area (Å²) in [6, 6.07) is -0.314. The van der Waals surface area contributed by atoms with Gasteiger partial charge in [-0.25, -0.2) is 0 Å². The van der Waals surface area contributed by atoms with Gasteiger partial charge >= 0.3 is 0 Å². The number of piperazine rings is 1. The molecule has 2 N–H and O–H groups in total. The number of carbonyl (C=O) groups is 2. The van der Waals surface area contributed by atoms with E-state index in [0.29, 0.717) is 36.1 Å². The number of amides is 2. The fourth-order valence-electron chi connectivity index (χ4n) is 2.69. The fraction of sp³-hybridized carbons (Fsp3) is 0.643. The SMILES string of the molecule is Cc1noc(C)c1C(=O)N1CCN(C(C)C)CC1C(N)=O. The Morgan fingerprint density at radius 1 is 1.33 bits per heavy atom. The van der Waals surface area contributed by atoms with Crippen molar-refractivity contribution < 1.29 is 14.1 Å². The molecular weight excluding hydrogens is 272 g/mol. The second-order valence-corrected chi connectivity index (χ2v) is 5.70. The van der Waals surface area contributed by atoms with Crippen LogP contribution in [0.4, 0.5) is 0 Å². The van der Waals surface area contributed by atoms with Gasteiger partial charge in [-0.05, 0) is 27.7 Å². The smallest absolute Gasteiger partial charge is 0.260 e. The van der Waals surface area contributed by atoms with E-state index < -0.39 is 11.9 Å². The highest BCUT2D eigenvalue weighted by Crippen LogP contribution is 2.20. The second-order valence-electron chi connectivity index (χ2n) is 5.70. The summed E-state index contributed by atoms with van der Waals surface area (Å²) in [4.78, 5) is 28.1. The van der Waals surface area contributed by atoms with Crippen LogP contribution in [-0.4, -0.2) is 58.5 Å². The van der Waals surface area contributed by atoms with Gasteiger partial charge in [-0.1, -0.05) is 5.16 Å². The Morgan fingerprint density at radius 2 is 2.00 bits per heavy atom. The normalized spacial score (nSPS) is 20.0.